The summed E-state index contributed by atoms with van der Waals surface area (Å²) in [5.41, 5.74) is 6.44. The van der Waals surface area contributed by atoms with Gasteiger partial charge in [-0.25, -0.2) is 0 Å². The lowest BCUT2D eigenvalue weighted by molar-refractivity contribution is 0.577. The van der Waals surface area contributed by atoms with Gasteiger partial charge in [0.15, 0.2) is 0 Å². The van der Waals surface area contributed by atoms with Crippen molar-refractivity contribution in [3.05, 3.63) is 59.2 Å². The standard InChI is InChI=1S/C19H26N2/c1-6-18(20-4)16-8-10-17(11-9-16)21(5)19-12-7-14(2)13-15(19)3/h7-13,18,20H,6H2,1-5H3. The smallest absolute Gasteiger partial charge is 0.0437 e. The van der Waals surface area contributed by atoms with Crippen molar-refractivity contribution >= 4 is 11.4 Å². The lowest BCUT2D eigenvalue weighted by Gasteiger charge is -2.23. The van der Waals surface area contributed by atoms with Gasteiger partial charge in [0, 0.05) is 24.5 Å². The number of aryl methyl sites for hydroxylation is 2. The first-order chi connectivity index (χ1) is 10.1. The third-order valence-corrected chi connectivity index (χ3v) is 4.15. The van der Waals surface area contributed by atoms with Crippen molar-refractivity contribution in [3.63, 3.8) is 0 Å². The van der Waals surface area contributed by atoms with Crippen LogP contribution in [0.15, 0.2) is 42.5 Å². The fourth-order valence-corrected chi connectivity index (χ4v) is 2.86. The van der Waals surface area contributed by atoms with Crippen LogP contribution in [0, 0.1) is 13.8 Å². The lowest BCUT2D eigenvalue weighted by Crippen LogP contribution is -2.15. The van der Waals surface area contributed by atoms with Crippen LogP contribution in [0.3, 0.4) is 0 Å². The summed E-state index contributed by atoms with van der Waals surface area (Å²) >= 11 is 0. The number of hydrogen-bond acceptors (Lipinski definition) is 2. The Morgan fingerprint density at radius 3 is 2.24 bits per heavy atom. The van der Waals surface area contributed by atoms with Gasteiger partial charge < -0.3 is 10.2 Å². The molecule has 0 radical (unpaired) electrons. The van der Waals surface area contributed by atoms with Gasteiger partial charge in [0.1, 0.15) is 0 Å². The first-order valence-corrected chi connectivity index (χ1v) is 7.65. The normalized spacial score (nSPS) is 12.2. The van der Waals surface area contributed by atoms with Gasteiger partial charge in [-0.05, 0) is 56.6 Å². The van der Waals surface area contributed by atoms with Crippen LogP contribution in [-0.4, -0.2) is 14.1 Å². The number of nitrogens with one attached hydrogen (secondary N) is 1. The Morgan fingerprint density at radius 2 is 1.71 bits per heavy atom. The molecule has 0 aliphatic rings. The topological polar surface area (TPSA) is 15.3 Å². The highest BCUT2D eigenvalue weighted by atomic mass is 15.1. The van der Waals surface area contributed by atoms with Crippen LogP contribution in [0.25, 0.3) is 0 Å². The third kappa shape index (κ3) is 3.45. The molecule has 2 aromatic carbocycles. The molecule has 0 aliphatic heterocycles. The van der Waals surface area contributed by atoms with Gasteiger partial charge in [-0.1, -0.05) is 36.8 Å². The highest BCUT2D eigenvalue weighted by Crippen LogP contribution is 2.28. The summed E-state index contributed by atoms with van der Waals surface area (Å²) in [5.74, 6) is 0. The molecule has 112 valence electrons. The van der Waals surface area contributed by atoms with E-state index >= 15 is 0 Å². The molecular weight excluding hydrogens is 256 g/mol. The number of anilines is 2. The molecule has 21 heavy (non-hydrogen) atoms. The molecule has 0 spiro atoms. The highest BCUT2D eigenvalue weighted by molar-refractivity contribution is 5.66. The number of nitrogens with zero attached hydrogens (tertiary/aromatic N) is 1. The Balaban J connectivity index is 2.25. The average molecular weight is 282 g/mol. The van der Waals surface area contributed by atoms with Crippen molar-refractivity contribution in [2.75, 3.05) is 19.0 Å². The Morgan fingerprint density at radius 1 is 1.05 bits per heavy atom. The van der Waals surface area contributed by atoms with Crippen LogP contribution < -0.4 is 10.2 Å². The summed E-state index contributed by atoms with van der Waals surface area (Å²) in [6.45, 7) is 6.51. The zero-order valence-corrected chi connectivity index (χ0v) is 13.8. The van der Waals surface area contributed by atoms with Crippen LogP contribution in [-0.2, 0) is 0 Å². The molecule has 2 heteroatoms. The van der Waals surface area contributed by atoms with Crippen molar-refractivity contribution in [2.45, 2.75) is 33.2 Å². The minimum atomic E-state index is 0.436. The highest BCUT2D eigenvalue weighted by Gasteiger charge is 2.09. The molecule has 0 aromatic heterocycles. The van der Waals surface area contributed by atoms with E-state index in [0.717, 1.165) is 6.42 Å². The number of hydrogen-bond donors (Lipinski definition) is 1. The fraction of sp³-hybridized carbons (Fsp3) is 0.368. The van der Waals surface area contributed by atoms with Crippen LogP contribution in [0.1, 0.15) is 36.1 Å². The second-order valence-electron chi connectivity index (χ2n) is 5.69. The summed E-state index contributed by atoms with van der Waals surface area (Å²) in [6, 6.07) is 15.9. The summed E-state index contributed by atoms with van der Waals surface area (Å²) in [5, 5.41) is 3.35. The molecule has 0 saturated carbocycles. The van der Waals surface area contributed by atoms with Crippen LogP contribution in [0.5, 0.6) is 0 Å². The molecule has 0 aliphatic carbocycles. The Labute approximate surface area is 128 Å². The van der Waals surface area contributed by atoms with Gasteiger partial charge in [0.2, 0.25) is 0 Å². The van der Waals surface area contributed by atoms with Crippen molar-refractivity contribution in [1.29, 1.82) is 0 Å². The molecule has 1 unspecified atom stereocenters. The second-order valence-corrected chi connectivity index (χ2v) is 5.69. The summed E-state index contributed by atoms with van der Waals surface area (Å²) in [4.78, 5) is 2.25. The molecule has 2 rings (SSSR count). The molecule has 1 N–H and O–H groups in total. The van der Waals surface area contributed by atoms with E-state index in [2.05, 4.69) is 80.5 Å². The van der Waals surface area contributed by atoms with Gasteiger partial charge in [-0.15, -0.1) is 0 Å². The van der Waals surface area contributed by atoms with Gasteiger partial charge >= 0.3 is 0 Å². The van der Waals surface area contributed by atoms with E-state index < -0.39 is 0 Å². The van der Waals surface area contributed by atoms with E-state index in [-0.39, 0.29) is 0 Å². The van der Waals surface area contributed by atoms with Gasteiger partial charge in [-0.2, -0.15) is 0 Å². The average Bonchev–Trinajstić information content (AvgIpc) is 2.48. The molecule has 1 atom stereocenters. The van der Waals surface area contributed by atoms with Crippen molar-refractivity contribution < 1.29 is 0 Å². The quantitative estimate of drug-likeness (QED) is 0.852. The third-order valence-electron chi connectivity index (χ3n) is 4.15. The van der Waals surface area contributed by atoms with Crippen LogP contribution in [0.4, 0.5) is 11.4 Å². The van der Waals surface area contributed by atoms with Gasteiger partial charge in [-0.3, -0.25) is 0 Å². The zero-order chi connectivity index (χ0) is 15.4. The summed E-state index contributed by atoms with van der Waals surface area (Å²) < 4.78 is 0. The molecule has 0 saturated heterocycles. The maximum absolute atomic E-state index is 3.35. The Hall–Kier alpha value is -1.80. The summed E-state index contributed by atoms with van der Waals surface area (Å²) in [6.07, 6.45) is 1.10. The number of benzene rings is 2. The molecule has 2 aromatic rings. The van der Waals surface area contributed by atoms with Crippen LogP contribution >= 0.6 is 0 Å². The van der Waals surface area contributed by atoms with E-state index in [9.17, 15) is 0 Å². The lowest BCUT2D eigenvalue weighted by atomic mass is 10.0. The predicted molar refractivity (Wildman–Crippen MR) is 92.5 cm³/mol. The zero-order valence-electron chi connectivity index (χ0n) is 13.8. The minimum Gasteiger partial charge on any atom is -0.344 e. The molecule has 2 nitrogen and oxygen atoms in total. The van der Waals surface area contributed by atoms with Crippen molar-refractivity contribution in [2.24, 2.45) is 0 Å². The Bertz CT molecular complexity index is 583. The minimum absolute atomic E-state index is 0.436. The van der Waals surface area contributed by atoms with Gasteiger partial charge in [0.25, 0.3) is 0 Å². The van der Waals surface area contributed by atoms with E-state index in [1.807, 2.05) is 7.05 Å². The second kappa shape index (κ2) is 6.77. The molecule has 0 bridgehead atoms. The molecule has 0 fully saturated rings. The first kappa shape index (κ1) is 15.6. The van der Waals surface area contributed by atoms with E-state index in [0.29, 0.717) is 6.04 Å². The molecule has 0 amide bonds. The van der Waals surface area contributed by atoms with Gasteiger partial charge in [0.05, 0.1) is 0 Å². The van der Waals surface area contributed by atoms with Crippen LogP contribution in [0.2, 0.25) is 0 Å². The number of rotatable bonds is 5. The summed E-state index contributed by atoms with van der Waals surface area (Å²) in [7, 11) is 4.14. The van der Waals surface area contributed by atoms with Crippen molar-refractivity contribution in [1.82, 2.24) is 5.32 Å². The van der Waals surface area contributed by atoms with E-state index in [1.54, 1.807) is 0 Å². The first-order valence-electron chi connectivity index (χ1n) is 7.65. The Kier molecular flexibility index (Phi) is 5.03. The van der Waals surface area contributed by atoms with E-state index in [1.165, 1.54) is 28.1 Å². The maximum atomic E-state index is 3.35. The fourth-order valence-electron chi connectivity index (χ4n) is 2.86. The van der Waals surface area contributed by atoms with Crippen molar-refractivity contribution in [3.8, 4) is 0 Å². The van der Waals surface area contributed by atoms with E-state index in [4.69, 9.17) is 0 Å². The molecular formula is C19H26N2. The SMILES string of the molecule is CCC(NC)c1ccc(N(C)c2ccc(C)cc2C)cc1. The maximum Gasteiger partial charge on any atom is 0.0437 e. The monoisotopic (exact) mass is 282 g/mol. The largest absolute Gasteiger partial charge is 0.344 e. The molecule has 0 heterocycles. The predicted octanol–water partition coefficient (Wildman–Crippen LogP) is 4.74.